The van der Waals surface area contributed by atoms with Gasteiger partial charge in [-0.15, -0.1) is 0 Å². The van der Waals surface area contributed by atoms with Crippen LogP contribution in [0.2, 0.25) is 0 Å². The minimum absolute atomic E-state index is 0.287. The van der Waals surface area contributed by atoms with Crippen LogP contribution in [0.1, 0.15) is 27.7 Å². The predicted molar refractivity (Wildman–Crippen MR) is 140 cm³/mol. The van der Waals surface area contributed by atoms with E-state index in [1.165, 1.54) is 15.9 Å². The normalized spacial score (nSPS) is 19.2. The van der Waals surface area contributed by atoms with Crippen molar-refractivity contribution in [1.82, 2.24) is 0 Å². The Balaban J connectivity index is 1.98. The van der Waals surface area contributed by atoms with Crippen LogP contribution in [0.15, 0.2) is 91.0 Å². The molecule has 1 aliphatic rings. The fourth-order valence-corrected chi connectivity index (χ4v) is 12.8. The van der Waals surface area contributed by atoms with Gasteiger partial charge in [0.15, 0.2) is 0 Å². The van der Waals surface area contributed by atoms with Gasteiger partial charge in [0.1, 0.15) is 0 Å². The molecule has 0 unspecified atom stereocenters. The number of hydrogen-bond donors (Lipinski definition) is 0. The van der Waals surface area contributed by atoms with Crippen LogP contribution in [0.25, 0.3) is 0 Å². The fourth-order valence-electron chi connectivity index (χ4n) is 4.30. The molecular formula is C25H29BIO2P. The number of halogens is 1. The van der Waals surface area contributed by atoms with Gasteiger partial charge in [-0.1, -0.05) is 0 Å². The van der Waals surface area contributed by atoms with Crippen molar-refractivity contribution >= 4 is 49.3 Å². The van der Waals surface area contributed by atoms with E-state index in [0.29, 0.717) is 0 Å². The Morgan fingerprint density at radius 2 is 0.933 bits per heavy atom. The summed E-state index contributed by atoms with van der Waals surface area (Å²) >= 11 is 2.79. The first kappa shape index (κ1) is 22.0. The van der Waals surface area contributed by atoms with E-state index in [1.54, 1.807) is 0 Å². The monoisotopic (exact) mass is 530 g/mol. The Bertz CT molecular complexity index is 894. The summed E-state index contributed by atoms with van der Waals surface area (Å²) in [4.78, 5) is 0. The third-order valence-electron chi connectivity index (χ3n) is 6.68. The van der Waals surface area contributed by atoms with E-state index in [4.69, 9.17) is 9.31 Å². The maximum atomic E-state index is 6.55. The average molecular weight is 530 g/mol. The topological polar surface area (TPSA) is 18.5 Å². The van der Waals surface area contributed by atoms with Crippen molar-refractivity contribution in [3.05, 3.63) is 91.0 Å². The summed E-state index contributed by atoms with van der Waals surface area (Å²) in [6.45, 7) is 8.51. The van der Waals surface area contributed by atoms with Crippen LogP contribution in [0.4, 0.5) is 0 Å². The first-order valence-electron chi connectivity index (χ1n) is 10.4. The van der Waals surface area contributed by atoms with E-state index in [1.807, 2.05) is 0 Å². The van der Waals surface area contributed by atoms with Crippen LogP contribution < -0.4 is 15.9 Å². The molecule has 3 aromatic rings. The number of benzene rings is 3. The molecule has 0 saturated carbocycles. The third-order valence-corrected chi connectivity index (χ3v) is 18.0. The van der Waals surface area contributed by atoms with Gasteiger partial charge in [-0.2, -0.15) is 0 Å². The zero-order valence-electron chi connectivity index (χ0n) is 18.1. The maximum absolute atomic E-state index is 6.55. The van der Waals surface area contributed by atoms with Gasteiger partial charge in [-0.3, -0.25) is 0 Å². The zero-order chi connectivity index (χ0) is 21.5. The van der Waals surface area contributed by atoms with Crippen LogP contribution >= 0.6 is 26.3 Å². The molecule has 0 spiro atoms. The Labute approximate surface area is 193 Å². The van der Waals surface area contributed by atoms with Gasteiger partial charge < -0.3 is 0 Å². The van der Waals surface area contributed by atoms with Crippen molar-refractivity contribution in [1.29, 1.82) is 0 Å². The molecule has 0 aromatic heterocycles. The van der Waals surface area contributed by atoms with E-state index >= 15 is 0 Å². The molecule has 1 fully saturated rings. The summed E-state index contributed by atoms with van der Waals surface area (Å²) in [5.41, 5.74) is -0.707. The molecule has 156 valence electrons. The molecule has 1 heterocycles. The van der Waals surface area contributed by atoms with Gasteiger partial charge >= 0.3 is 195 Å². The van der Waals surface area contributed by atoms with Crippen LogP contribution in [-0.2, 0) is 9.31 Å². The van der Waals surface area contributed by atoms with Crippen molar-refractivity contribution in [3.63, 3.8) is 0 Å². The van der Waals surface area contributed by atoms with Gasteiger partial charge in [-0.25, -0.2) is 0 Å². The molecule has 30 heavy (non-hydrogen) atoms. The van der Waals surface area contributed by atoms with Gasteiger partial charge in [0, 0.05) is 0 Å². The standard InChI is InChI=1S/C25H29BIO2P/c1-24(2)25(3,4)29-26(28-24)20-30(27,21-14-8-5-9-15-21,22-16-10-6-11-17-22)23-18-12-7-13-19-23/h5-19H,20H2,1-4H3. The predicted octanol–water partition coefficient (Wildman–Crippen LogP) is 5.50. The second kappa shape index (κ2) is 7.74. The Kier molecular flexibility index (Phi) is 5.68. The van der Waals surface area contributed by atoms with Crippen LogP contribution in [0.3, 0.4) is 0 Å². The van der Waals surface area contributed by atoms with Crippen molar-refractivity contribution in [3.8, 4) is 0 Å². The van der Waals surface area contributed by atoms with Crippen LogP contribution in [-0.4, -0.2) is 24.4 Å². The molecule has 3 aromatic carbocycles. The van der Waals surface area contributed by atoms with E-state index in [0.717, 1.165) is 6.06 Å². The van der Waals surface area contributed by atoms with Crippen LogP contribution in [0, 0.1) is 0 Å². The average Bonchev–Trinajstić information content (AvgIpc) is 2.95. The van der Waals surface area contributed by atoms with Crippen molar-refractivity contribution in [2.75, 3.05) is 6.06 Å². The Hall–Kier alpha value is -1.20. The van der Waals surface area contributed by atoms with Gasteiger partial charge in [0.05, 0.1) is 0 Å². The summed E-state index contributed by atoms with van der Waals surface area (Å²) in [5, 5.41) is 4.03. The molecule has 2 nitrogen and oxygen atoms in total. The quantitative estimate of drug-likeness (QED) is 0.247. The summed E-state index contributed by atoms with van der Waals surface area (Å²) < 4.78 is 10.2. The first-order chi connectivity index (χ1) is 14.2. The van der Waals surface area contributed by atoms with Crippen molar-refractivity contribution < 1.29 is 9.31 Å². The van der Waals surface area contributed by atoms with E-state index in [2.05, 4.69) is 141 Å². The first-order valence-corrected chi connectivity index (χ1v) is 15.6. The van der Waals surface area contributed by atoms with Gasteiger partial charge in [0.25, 0.3) is 0 Å². The molecule has 0 radical (unpaired) electrons. The Morgan fingerprint density at radius 3 is 1.23 bits per heavy atom. The second-order valence-corrected chi connectivity index (χ2v) is 19.7. The molecule has 0 bridgehead atoms. The molecule has 0 N–H and O–H groups in total. The molecule has 4 rings (SSSR count). The molecule has 0 aliphatic carbocycles. The second-order valence-electron chi connectivity index (χ2n) is 9.06. The molecular weight excluding hydrogens is 501 g/mol. The summed E-state index contributed by atoms with van der Waals surface area (Å²) in [7, 11) is -0.287. The minimum atomic E-state index is -2.91. The number of rotatable bonds is 5. The summed E-state index contributed by atoms with van der Waals surface area (Å²) in [5.74, 6) is 0. The summed E-state index contributed by atoms with van der Waals surface area (Å²) in [6, 6.07) is 33.6. The third kappa shape index (κ3) is 3.46. The molecule has 0 atom stereocenters. The van der Waals surface area contributed by atoms with E-state index < -0.39 is 4.25 Å². The molecule has 0 amide bonds. The fraction of sp³-hybridized carbons (Fsp3) is 0.280. The van der Waals surface area contributed by atoms with Gasteiger partial charge in [0.2, 0.25) is 0 Å². The van der Waals surface area contributed by atoms with Gasteiger partial charge in [-0.05, 0) is 0 Å². The van der Waals surface area contributed by atoms with Crippen LogP contribution in [0.5, 0.6) is 0 Å². The summed E-state index contributed by atoms with van der Waals surface area (Å²) in [6.07, 6.45) is 0. The zero-order valence-corrected chi connectivity index (χ0v) is 21.1. The SMILES string of the molecule is CC1(C)OB(CP(I)(c2ccccc2)(c2ccccc2)c2ccccc2)OC1(C)C. The molecule has 5 heteroatoms. The Morgan fingerprint density at radius 1 is 0.633 bits per heavy atom. The molecule has 1 aliphatic heterocycles. The van der Waals surface area contributed by atoms with Crippen molar-refractivity contribution in [2.45, 2.75) is 38.9 Å². The molecule has 1 saturated heterocycles. The van der Waals surface area contributed by atoms with E-state index in [-0.39, 0.29) is 18.3 Å². The van der Waals surface area contributed by atoms with Crippen molar-refractivity contribution in [2.24, 2.45) is 0 Å². The van der Waals surface area contributed by atoms with E-state index in [9.17, 15) is 0 Å². The number of hydrogen-bond acceptors (Lipinski definition) is 2.